The summed E-state index contributed by atoms with van der Waals surface area (Å²) in [4.78, 5) is 8.92. The molecule has 0 amide bonds. The van der Waals surface area contributed by atoms with E-state index in [2.05, 4.69) is 20.6 Å². The van der Waals surface area contributed by atoms with Crippen molar-refractivity contribution in [2.75, 3.05) is 24.0 Å². The molecule has 6 heteroatoms. The Balaban J connectivity index is 1.85. The lowest BCUT2D eigenvalue weighted by atomic mass is 10.2. The van der Waals surface area contributed by atoms with Crippen LogP contribution in [-0.4, -0.2) is 23.3 Å². The summed E-state index contributed by atoms with van der Waals surface area (Å²) in [5.41, 5.74) is 0.905. The number of ether oxygens (including phenoxy) is 2. The summed E-state index contributed by atoms with van der Waals surface area (Å²) in [6.07, 6.45) is 0.787. The smallest absolute Gasteiger partial charge is 0.231 e. The van der Waals surface area contributed by atoms with Crippen molar-refractivity contribution in [3.63, 3.8) is 0 Å². The Morgan fingerprint density at radius 1 is 1.05 bits per heavy atom. The van der Waals surface area contributed by atoms with Crippen LogP contribution < -0.4 is 20.1 Å². The maximum absolute atomic E-state index is 5.38. The summed E-state index contributed by atoms with van der Waals surface area (Å²) in [6.45, 7) is 5.18. The highest BCUT2D eigenvalue weighted by atomic mass is 16.7. The Hall–Kier alpha value is -2.50. The van der Waals surface area contributed by atoms with Crippen LogP contribution in [0.25, 0.3) is 0 Å². The van der Waals surface area contributed by atoms with Crippen molar-refractivity contribution in [3.05, 3.63) is 30.1 Å². The maximum atomic E-state index is 5.38. The molecule has 0 saturated carbocycles. The zero-order valence-corrected chi connectivity index (χ0v) is 12.1. The van der Waals surface area contributed by atoms with E-state index in [1.54, 1.807) is 0 Å². The fourth-order valence-corrected chi connectivity index (χ4v) is 2.11. The molecule has 2 aromatic rings. The number of nitrogens with zero attached hydrogens (tertiary/aromatic N) is 2. The molecule has 6 nitrogen and oxygen atoms in total. The van der Waals surface area contributed by atoms with E-state index < -0.39 is 0 Å². The summed E-state index contributed by atoms with van der Waals surface area (Å²) >= 11 is 0. The Labute approximate surface area is 123 Å². The molecule has 110 valence electrons. The third kappa shape index (κ3) is 2.99. The van der Waals surface area contributed by atoms with Gasteiger partial charge < -0.3 is 20.1 Å². The predicted molar refractivity (Wildman–Crippen MR) is 81.4 cm³/mol. The molecule has 0 fully saturated rings. The molecule has 3 rings (SSSR count). The predicted octanol–water partition coefficient (Wildman–Crippen LogP) is 2.94. The minimum absolute atomic E-state index is 0.275. The molecule has 2 N–H and O–H groups in total. The summed E-state index contributed by atoms with van der Waals surface area (Å²) in [5.74, 6) is 3.91. The number of hydrogen-bond acceptors (Lipinski definition) is 6. The fourth-order valence-electron chi connectivity index (χ4n) is 2.11. The molecule has 21 heavy (non-hydrogen) atoms. The van der Waals surface area contributed by atoms with E-state index >= 15 is 0 Å². The van der Waals surface area contributed by atoms with E-state index in [4.69, 9.17) is 9.47 Å². The molecule has 1 aliphatic heterocycles. The lowest BCUT2D eigenvalue weighted by Gasteiger charge is -2.10. The van der Waals surface area contributed by atoms with E-state index in [-0.39, 0.29) is 6.79 Å². The SMILES string of the molecule is CCNc1cc(Nc2ccc3c(c2)OCO3)nc(CC)n1. The van der Waals surface area contributed by atoms with Crippen molar-refractivity contribution in [3.8, 4) is 11.5 Å². The van der Waals surface area contributed by atoms with Crippen molar-refractivity contribution in [1.82, 2.24) is 9.97 Å². The van der Waals surface area contributed by atoms with Gasteiger partial charge in [0, 0.05) is 30.8 Å². The van der Waals surface area contributed by atoms with E-state index in [0.29, 0.717) is 0 Å². The fraction of sp³-hybridized carbons (Fsp3) is 0.333. The van der Waals surface area contributed by atoms with Crippen LogP contribution in [0.2, 0.25) is 0 Å². The number of aromatic nitrogens is 2. The summed E-state index contributed by atoms with van der Waals surface area (Å²) in [6, 6.07) is 7.63. The molecule has 2 heterocycles. The first kappa shape index (κ1) is 13.5. The number of fused-ring (bicyclic) bond motifs is 1. The molecule has 1 aliphatic rings. The van der Waals surface area contributed by atoms with Crippen LogP contribution in [0.15, 0.2) is 24.3 Å². The standard InChI is InChI=1S/C15H18N4O2/c1-3-13-18-14(16-4-2)8-15(19-13)17-10-5-6-11-12(7-10)21-9-20-11/h5-8H,3-4,9H2,1-2H3,(H2,16,17,18,19). The van der Waals surface area contributed by atoms with Gasteiger partial charge in [-0.25, -0.2) is 9.97 Å². The van der Waals surface area contributed by atoms with Crippen molar-refractivity contribution in [1.29, 1.82) is 0 Å². The molecule has 0 saturated heterocycles. The van der Waals surface area contributed by atoms with Crippen LogP contribution in [-0.2, 0) is 6.42 Å². The van der Waals surface area contributed by atoms with Crippen molar-refractivity contribution >= 4 is 17.3 Å². The molecule has 0 bridgehead atoms. The summed E-state index contributed by atoms with van der Waals surface area (Å²) in [7, 11) is 0. The monoisotopic (exact) mass is 286 g/mol. The zero-order valence-electron chi connectivity index (χ0n) is 12.1. The number of rotatable bonds is 5. The average Bonchev–Trinajstić information content (AvgIpc) is 2.95. The molecular formula is C15H18N4O2. The van der Waals surface area contributed by atoms with Gasteiger partial charge in [0.2, 0.25) is 6.79 Å². The second-order valence-corrected chi connectivity index (χ2v) is 4.63. The van der Waals surface area contributed by atoms with E-state index in [9.17, 15) is 0 Å². The largest absolute Gasteiger partial charge is 0.454 e. The lowest BCUT2D eigenvalue weighted by molar-refractivity contribution is 0.174. The van der Waals surface area contributed by atoms with Gasteiger partial charge in [0.15, 0.2) is 11.5 Å². The van der Waals surface area contributed by atoms with Gasteiger partial charge in [-0.05, 0) is 19.1 Å². The summed E-state index contributed by atoms with van der Waals surface area (Å²) in [5, 5.41) is 6.49. The normalized spacial score (nSPS) is 12.3. The zero-order chi connectivity index (χ0) is 14.7. The molecule has 0 radical (unpaired) electrons. The van der Waals surface area contributed by atoms with E-state index in [1.807, 2.05) is 38.1 Å². The molecule has 0 spiro atoms. The van der Waals surface area contributed by atoms with Crippen LogP contribution in [0.1, 0.15) is 19.7 Å². The third-order valence-corrected chi connectivity index (χ3v) is 3.09. The first-order chi connectivity index (χ1) is 10.3. The van der Waals surface area contributed by atoms with Crippen LogP contribution in [0.5, 0.6) is 11.5 Å². The van der Waals surface area contributed by atoms with Crippen molar-refractivity contribution in [2.24, 2.45) is 0 Å². The highest BCUT2D eigenvalue weighted by Gasteiger charge is 2.13. The van der Waals surface area contributed by atoms with E-state index in [1.165, 1.54) is 0 Å². The van der Waals surface area contributed by atoms with Crippen LogP contribution >= 0.6 is 0 Å². The number of aryl methyl sites for hydroxylation is 1. The highest BCUT2D eigenvalue weighted by molar-refractivity contribution is 5.63. The first-order valence-electron chi connectivity index (χ1n) is 7.07. The van der Waals surface area contributed by atoms with Gasteiger partial charge in [-0.3, -0.25) is 0 Å². The molecule has 0 aliphatic carbocycles. The number of anilines is 3. The molecule has 1 aromatic carbocycles. The topological polar surface area (TPSA) is 68.3 Å². The number of hydrogen-bond donors (Lipinski definition) is 2. The molecular weight excluding hydrogens is 268 g/mol. The average molecular weight is 286 g/mol. The lowest BCUT2D eigenvalue weighted by Crippen LogP contribution is -2.05. The third-order valence-electron chi connectivity index (χ3n) is 3.09. The Kier molecular flexibility index (Phi) is 3.77. The van der Waals surface area contributed by atoms with Gasteiger partial charge in [-0.1, -0.05) is 6.92 Å². The second-order valence-electron chi connectivity index (χ2n) is 4.63. The van der Waals surface area contributed by atoms with Gasteiger partial charge in [0.25, 0.3) is 0 Å². The van der Waals surface area contributed by atoms with Gasteiger partial charge in [0.05, 0.1) is 0 Å². The van der Waals surface area contributed by atoms with Crippen LogP contribution in [0.4, 0.5) is 17.3 Å². The van der Waals surface area contributed by atoms with E-state index in [0.717, 1.165) is 47.6 Å². The minimum Gasteiger partial charge on any atom is -0.454 e. The molecule has 1 aromatic heterocycles. The summed E-state index contributed by atoms with van der Waals surface area (Å²) < 4.78 is 10.7. The Morgan fingerprint density at radius 2 is 1.86 bits per heavy atom. The second kappa shape index (κ2) is 5.87. The van der Waals surface area contributed by atoms with Gasteiger partial charge in [-0.2, -0.15) is 0 Å². The van der Waals surface area contributed by atoms with Gasteiger partial charge >= 0.3 is 0 Å². The van der Waals surface area contributed by atoms with Gasteiger partial charge in [0.1, 0.15) is 17.5 Å². The maximum Gasteiger partial charge on any atom is 0.231 e. The Bertz CT molecular complexity index is 646. The van der Waals surface area contributed by atoms with Gasteiger partial charge in [-0.15, -0.1) is 0 Å². The number of nitrogens with one attached hydrogen (secondary N) is 2. The van der Waals surface area contributed by atoms with Crippen LogP contribution in [0.3, 0.4) is 0 Å². The van der Waals surface area contributed by atoms with Crippen molar-refractivity contribution < 1.29 is 9.47 Å². The molecule has 0 unspecified atom stereocenters. The Morgan fingerprint density at radius 3 is 2.67 bits per heavy atom. The molecule has 0 atom stereocenters. The number of benzene rings is 1. The minimum atomic E-state index is 0.275. The first-order valence-corrected chi connectivity index (χ1v) is 7.07. The quantitative estimate of drug-likeness (QED) is 0.880. The highest BCUT2D eigenvalue weighted by Crippen LogP contribution is 2.35. The van der Waals surface area contributed by atoms with Crippen molar-refractivity contribution in [2.45, 2.75) is 20.3 Å². The van der Waals surface area contributed by atoms with Crippen LogP contribution in [0, 0.1) is 0 Å².